The molecule has 0 fully saturated rings. The quantitative estimate of drug-likeness (QED) is 0.735. The van der Waals surface area contributed by atoms with Crippen molar-refractivity contribution in [1.29, 1.82) is 0 Å². The van der Waals surface area contributed by atoms with Crippen LogP contribution < -0.4 is 5.43 Å². The Hall–Kier alpha value is -2.62. The minimum absolute atomic E-state index is 0.107. The molecule has 3 aromatic rings. The van der Waals surface area contributed by atoms with Gasteiger partial charge in [0.05, 0.1) is 5.39 Å². The molecule has 1 aromatic carbocycles. The fourth-order valence-electron chi connectivity index (χ4n) is 2.31. The number of nitrogens with zero attached hydrogens (tertiary/aromatic N) is 1. The summed E-state index contributed by atoms with van der Waals surface area (Å²) in [6.07, 6.45) is 1.58. The van der Waals surface area contributed by atoms with Crippen LogP contribution in [0.15, 0.2) is 45.7 Å². The standard InChI is InChI=1S/C16H13NO3/c1-9-7-10(2)15-11(8-9)13(18)14(19)16(20-15)12-5-3-4-6-17-12/h3-8,19H,1-2H3. The van der Waals surface area contributed by atoms with E-state index in [1.807, 2.05) is 19.9 Å². The van der Waals surface area contributed by atoms with Crippen molar-refractivity contribution in [3.05, 3.63) is 57.9 Å². The summed E-state index contributed by atoms with van der Waals surface area (Å²) in [6, 6.07) is 8.87. The smallest absolute Gasteiger partial charge is 0.235 e. The summed E-state index contributed by atoms with van der Waals surface area (Å²) < 4.78 is 5.73. The van der Waals surface area contributed by atoms with Gasteiger partial charge in [-0.3, -0.25) is 9.78 Å². The largest absolute Gasteiger partial charge is 0.501 e. The second kappa shape index (κ2) is 4.49. The summed E-state index contributed by atoms with van der Waals surface area (Å²) in [4.78, 5) is 16.4. The number of benzene rings is 1. The van der Waals surface area contributed by atoms with Crippen LogP contribution in [0.25, 0.3) is 22.4 Å². The number of pyridine rings is 1. The molecule has 0 unspecified atom stereocenters. The van der Waals surface area contributed by atoms with Crippen LogP contribution in [-0.4, -0.2) is 10.1 Å². The lowest BCUT2D eigenvalue weighted by Crippen LogP contribution is -2.04. The summed E-state index contributed by atoms with van der Waals surface area (Å²) in [6.45, 7) is 3.77. The number of aryl methyl sites for hydroxylation is 2. The third-order valence-electron chi connectivity index (χ3n) is 3.20. The van der Waals surface area contributed by atoms with E-state index < -0.39 is 11.2 Å². The van der Waals surface area contributed by atoms with Crippen molar-refractivity contribution in [1.82, 2.24) is 4.98 Å². The highest BCUT2D eigenvalue weighted by Gasteiger charge is 2.17. The second-order valence-electron chi connectivity index (χ2n) is 4.78. The number of hydrogen-bond acceptors (Lipinski definition) is 4. The summed E-state index contributed by atoms with van der Waals surface area (Å²) in [5.41, 5.74) is 2.29. The highest BCUT2D eigenvalue weighted by Crippen LogP contribution is 2.30. The van der Waals surface area contributed by atoms with Gasteiger partial charge in [-0.05, 0) is 43.2 Å². The molecule has 20 heavy (non-hydrogen) atoms. The first-order valence-corrected chi connectivity index (χ1v) is 6.26. The van der Waals surface area contributed by atoms with Crippen molar-refractivity contribution in [3.8, 4) is 17.2 Å². The van der Waals surface area contributed by atoms with E-state index in [-0.39, 0.29) is 5.76 Å². The van der Waals surface area contributed by atoms with E-state index in [2.05, 4.69) is 4.98 Å². The minimum Gasteiger partial charge on any atom is -0.501 e. The van der Waals surface area contributed by atoms with Gasteiger partial charge >= 0.3 is 0 Å². The van der Waals surface area contributed by atoms with Crippen molar-refractivity contribution >= 4 is 11.0 Å². The monoisotopic (exact) mass is 267 g/mol. The summed E-state index contributed by atoms with van der Waals surface area (Å²) in [5.74, 6) is -0.295. The fourth-order valence-corrected chi connectivity index (χ4v) is 2.31. The molecule has 1 N–H and O–H groups in total. The molecule has 0 radical (unpaired) electrons. The van der Waals surface area contributed by atoms with E-state index in [1.165, 1.54) is 0 Å². The van der Waals surface area contributed by atoms with E-state index in [9.17, 15) is 9.90 Å². The topological polar surface area (TPSA) is 63.3 Å². The van der Waals surface area contributed by atoms with E-state index in [4.69, 9.17) is 4.42 Å². The molecular weight excluding hydrogens is 254 g/mol. The highest BCUT2D eigenvalue weighted by molar-refractivity contribution is 5.84. The van der Waals surface area contributed by atoms with Gasteiger partial charge < -0.3 is 9.52 Å². The molecule has 100 valence electrons. The lowest BCUT2D eigenvalue weighted by Gasteiger charge is -2.07. The van der Waals surface area contributed by atoms with Crippen LogP contribution in [0.1, 0.15) is 11.1 Å². The van der Waals surface area contributed by atoms with Gasteiger partial charge in [-0.2, -0.15) is 0 Å². The molecule has 0 spiro atoms. The Balaban J connectivity index is 2.42. The Morgan fingerprint density at radius 3 is 2.70 bits per heavy atom. The Morgan fingerprint density at radius 1 is 1.20 bits per heavy atom. The predicted octanol–water partition coefficient (Wildman–Crippen LogP) is 3.18. The molecule has 0 aliphatic heterocycles. The van der Waals surface area contributed by atoms with Gasteiger partial charge in [0.15, 0.2) is 5.76 Å². The molecule has 0 saturated heterocycles. The van der Waals surface area contributed by atoms with Crippen molar-refractivity contribution in [2.45, 2.75) is 13.8 Å². The maximum atomic E-state index is 12.3. The number of hydrogen-bond donors (Lipinski definition) is 1. The Labute approximate surface area is 115 Å². The number of rotatable bonds is 1. The maximum absolute atomic E-state index is 12.3. The zero-order valence-corrected chi connectivity index (χ0v) is 11.2. The predicted molar refractivity (Wildman–Crippen MR) is 76.9 cm³/mol. The first-order chi connectivity index (χ1) is 9.58. The van der Waals surface area contributed by atoms with Crippen LogP contribution in [0.3, 0.4) is 0 Å². The molecule has 0 atom stereocenters. The zero-order chi connectivity index (χ0) is 14.3. The summed E-state index contributed by atoms with van der Waals surface area (Å²) in [5, 5.41) is 10.5. The molecular formula is C16H13NO3. The highest BCUT2D eigenvalue weighted by atomic mass is 16.4. The van der Waals surface area contributed by atoms with Crippen LogP contribution in [0.2, 0.25) is 0 Å². The van der Waals surface area contributed by atoms with Gasteiger partial charge in [0.25, 0.3) is 0 Å². The molecule has 4 nitrogen and oxygen atoms in total. The second-order valence-corrected chi connectivity index (χ2v) is 4.78. The van der Waals surface area contributed by atoms with Crippen LogP contribution >= 0.6 is 0 Å². The van der Waals surface area contributed by atoms with Gasteiger partial charge in [0.2, 0.25) is 11.2 Å². The maximum Gasteiger partial charge on any atom is 0.235 e. The average molecular weight is 267 g/mol. The normalized spacial score (nSPS) is 10.9. The van der Waals surface area contributed by atoms with Crippen molar-refractivity contribution in [2.24, 2.45) is 0 Å². The van der Waals surface area contributed by atoms with E-state index in [0.717, 1.165) is 11.1 Å². The van der Waals surface area contributed by atoms with Gasteiger partial charge in [-0.15, -0.1) is 0 Å². The van der Waals surface area contributed by atoms with E-state index in [0.29, 0.717) is 16.7 Å². The SMILES string of the molecule is Cc1cc(C)c2oc(-c3ccccn3)c(O)c(=O)c2c1. The zero-order valence-electron chi connectivity index (χ0n) is 11.2. The Morgan fingerprint density at radius 2 is 2.00 bits per heavy atom. The fraction of sp³-hybridized carbons (Fsp3) is 0.125. The molecule has 2 aromatic heterocycles. The van der Waals surface area contributed by atoms with Gasteiger partial charge in [0.1, 0.15) is 11.3 Å². The van der Waals surface area contributed by atoms with Gasteiger partial charge in [-0.1, -0.05) is 12.1 Å². The van der Waals surface area contributed by atoms with Crippen LogP contribution in [-0.2, 0) is 0 Å². The summed E-state index contributed by atoms with van der Waals surface area (Å²) >= 11 is 0. The number of fused-ring (bicyclic) bond motifs is 1. The molecule has 0 aliphatic rings. The number of aromatic hydroxyl groups is 1. The number of aromatic nitrogens is 1. The van der Waals surface area contributed by atoms with Crippen molar-refractivity contribution < 1.29 is 9.52 Å². The van der Waals surface area contributed by atoms with Crippen LogP contribution in [0, 0.1) is 13.8 Å². The van der Waals surface area contributed by atoms with Gasteiger partial charge in [-0.25, -0.2) is 0 Å². The van der Waals surface area contributed by atoms with Crippen molar-refractivity contribution in [3.63, 3.8) is 0 Å². The molecule has 0 amide bonds. The minimum atomic E-state index is -0.432. The summed E-state index contributed by atoms with van der Waals surface area (Å²) in [7, 11) is 0. The molecule has 3 rings (SSSR count). The van der Waals surface area contributed by atoms with Crippen molar-refractivity contribution in [2.75, 3.05) is 0 Å². The molecule has 0 aliphatic carbocycles. The third-order valence-corrected chi connectivity index (χ3v) is 3.20. The average Bonchev–Trinajstić information content (AvgIpc) is 2.44. The lowest BCUT2D eigenvalue weighted by molar-refractivity contribution is 0.448. The Bertz CT molecular complexity index is 851. The molecule has 0 saturated carbocycles. The van der Waals surface area contributed by atoms with Crippen LogP contribution in [0.4, 0.5) is 0 Å². The van der Waals surface area contributed by atoms with Crippen LogP contribution in [0.5, 0.6) is 5.75 Å². The van der Waals surface area contributed by atoms with E-state index in [1.54, 1.807) is 30.5 Å². The lowest BCUT2D eigenvalue weighted by atomic mass is 10.1. The molecule has 0 bridgehead atoms. The first kappa shape index (κ1) is 12.4. The third kappa shape index (κ3) is 1.86. The van der Waals surface area contributed by atoms with Gasteiger partial charge in [0, 0.05) is 6.20 Å². The Kier molecular flexibility index (Phi) is 2.79. The van der Waals surface area contributed by atoms with E-state index >= 15 is 0 Å². The molecule has 2 heterocycles. The first-order valence-electron chi connectivity index (χ1n) is 6.26. The molecule has 4 heteroatoms.